The number of aryl methyl sites for hydroxylation is 1. The molecule has 4 atom stereocenters. The summed E-state index contributed by atoms with van der Waals surface area (Å²) in [5.41, 5.74) is 4.22. The van der Waals surface area contributed by atoms with Gasteiger partial charge in [0, 0.05) is 36.0 Å². The Kier molecular flexibility index (Phi) is 15.1. The fourth-order valence-corrected chi connectivity index (χ4v) is 8.23. The average Bonchev–Trinajstić information content (AvgIpc) is 3.77. The van der Waals surface area contributed by atoms with Crippen LogP contribution in [0.2, 0.25) is 0 Å². The third-order valence-electron chi connectivity index (χ3n) is 10.3. The molecule has 0 aliphatic carbocycles. The molecule has 60 heavy (non-hydrogen) atoms. The lowest BCUT2D eigenvalue weighted by Crippen LogP contribution is -2.54. The van der Waals surface area contributed by atoms with E-state index in [0.29, 0.717) is 17.7 Å². The topological polar surface area (TPSA) is 185 Å². The smallest absolute Gasteiger partial charge is 0.283 e. The summed E-state index contributed by atoms with van der Waals surface area (Å²) in [6.07, 6.45) is 0.325. The summed E-state index contributed by atoms with van der Waals surface area (Å²) in [7, 11) is -4.57. The molecule has 0 fully saturated rings. The summed E-state index contributed by atoms with van der Waals surface area (Å²) >= 11 is 1.45. The van der Waals surface area contributed by atoms with Crippen LogP contribution in [-0.4, -0.2) is 66.8 Å². The highest BCUT2D eigenvalue weighted by molar-refractivity contribution is 7.85. The SMILES string of the molecule is O=C1COc2ccc(cc2)C[C@@H](C(=O)NCS(=O)(=O)O)CC(=O)[C@H](CCc2ccccc2)NC(=O)[C@@H](Cc2ccc(-c3ccccc3)cc2)NC(=O)[C@H](Cc2cccs2)C1. The van der Waals surface area contributed by atoms with Crippen molar-refractivity contribution in [3.63, 3.8) is 0 Å². The number of carbonyl (C=O) groups is 5. The fraction of sp³-hybridized carbons (Fsp3) is 0.283. The van der Waals surface area contributed by atoms with Crippen LogP contribution >= 0.6 is 11.3 Å². The van der Waals surface area contributed by atoms with Crippen LogP contribution in [0.25, 0.3) is 11.1 Å². The summed E-state index contributed by atoms with van der Waals surface area (Å²) in [6, 6.07) is 34.8. The molecule has 3 amide bonds. The van der Waals surface area contributed by atoms with Gasteiger partial charge in [0.15, 0.2) is 11.6 Å². The lowest BCUT2D eigenvalue weighted by molar-refractivity contribution is -0.135. The van der Waals surface area contributed by atoms with E-state index in [1.54, 1.807) is 24.3 Å². The first-order valence-corrected chi connectivity index (χ1v) is 22.2. The molecule has 2 bridgehead atoms. The monoisotopic (exact) mass is 849 g/mol. The summed E-state index contributed by atoms with van der Waals surface area (Å²) in [5, 5.41) is 9.93. The molecule has 0 saturated carbocycles. The Labute approximate surface area is 353 Å². The molecule has 5 aromatic rings. The minimum atomic E-state index is -4.57. The third kappa shape index (κ3) is 13.3. The fourth-order valence-electron chi connectivity index (χ4n) is 7.12. The van der Waals surface area contributed by atoms with E-state index in [1.807, 2.05) is 102 Å². The summed E-state index contributed by atoms with van der Waals surface area (Å²) in [4.78, 5) is 70.9. The Morgan fingerprint density at radius 3 is 2.05 bits per heavy atom. The second kappa shape index (κ2) is 20.8. The Morgan fingerprint density at radius 2 is 1.38 bits per heavy atom. The van der Waals surface area contributed by atoms with Gasteiger partial charge in [-0.3, -0.25) is 28.5 Å². The van der Waals surface area contributed by atoms with Crippen LogP contribution in [0, 0.1) is 11.8 Å². The molecule has 0 radical (unpaired) electrons. The summed E-state index contributed by atoms with van der Waals surface area (Å²) in [5.74, 6) is -5.36. The predicted octanol–water partition coefficient (Wildman–Crippen LogP) is 5.55. The van der Waals surface area contributed by atoms with Crippen molar-refractivity contribution in [3.05, 3.63) is 148 Å². The first-order chi connectivity index (χ1) is 28.9. The van der Waals surface area contributed by atoms with E-state index in [4.69, 9.17) is 4.74 Å². The van der Waals surface area contributed by atoms with Gasteiger partial charge < -0.3 is 20.7 Å². The molecule has 0 spiro atoms. The molecule has 0 saturated heterocycles. The number of benzene rings is 4. The van der Waals surface area contributed by atoms with E-state index in [0.717, 1.165) is 27.1 Å². The normalized spacial score (nSPS) is 19.6. The maximum absolute atomic E-state index is 14.5. The number of hydrogen-bond acceptors (Lipinski definition) is 9. The van der Waals surface area contributed by atoms with Crippen LogP contribution in [-0.2, 0) is 59.8 Å². The van der Waals surface area contributed by atoms with Crippen molar-refractivity contribution in [2.75, 3.05) is 12.5 Å². The van der Waals surface area contributed by atoms with Crippen molar-refractivity contribution in [2.45, 2.75) is 57.0 Å². The Morgan fingerprint density at radius 1 is 0.717 bits per heavy atom. The molecule has 0 unspecified atom stereocenters. The molecule has 4 N–H and O–H groups in total. The van der Waals surface area contributed by atoms with Crippen molar-refractivity contribution < 1.29 is 41.7 Å². The Bertz CT molecular complexity index is 2340. The van der Waals surface area contributed by atoms with E-state index in [1.165, 1.54) is 11.3 Å². The standard InChI is InChI=1S/C46H47N3O9S2/c50-38-26-37(27-40-12-7-23-59-40)45(53)49-42(25-33-13-18-35(19-14-33)34-10-5-2-6-11-34)46(54)48-41(22-17-31-8-3-1-4-9-31)43(51)28-36(44(52)47-30-60(55,56)57)24-32-15-20-39(21-16-32)58-29-38/h1-16,18-21,23,36-37,41-42H,17,22,24-30H2,(H,47,52)(H,48,54)(H,49,53)(H,55,56,57)/t36-,37+,41+,42-/m1/s1. The van der Waals surface area contributed by atoms with Gasteiger partial charge in [-0.1, -0.05) is 103 Å². The number of carbonyl (C=O) groups excluding carboxylic acids is 5. The van der Waals surface area contributed by atoms with E-state index >= 15 is 0 Å². The Balaban J connectivity index is 1.34. The van der Waals surface area contributed by atoms with Crippen molar-refractivity contribution in [1.29, 1.82) is 0 Å². The zero-order chi connectivity index (χ0) is 42.5. The van der Waals surface area contributed by atoms with Crippen molar-refractivity contribution >= 4 is 50.7 Å². The van der Waals surface area contributed by atoms with Gasteiger partial charge in [0.05, 0.1) is 6.04 Å². The second-order valence-electron chi connectivity index (χ2n) is 14.9. The number of amides is 3. The highest BCUT2D eigenvalue weighted by Gasteiger charge is 2.33. The molecule has 4 aromatic carbocycles. The van der Waals surface area contributed by atoms with Crippen LogP contribution < -0.4 is 20.7 Å². The summed E-state index contributed by atoms with van der Waals surface area (Å²) < 4.78 is 38.2. The molecule has 7 rings (SSSR count). The van der Waals surface area contributed by atoms with Gasteiger partial charge in [-0.25, -0.2) is 0 Å². The Hall–Kier alpha value is -5.96. The van der Waals surface area contributed by atoms with Gasteiger partial charge in [-0.05, 0) is 77.1 Å². The summed E-state index contributed by atoms with van der Waals surface area (Å²) in [6.45, 7) is -0.316. The van der Waals surface area contributed by atoms with Crippen LogP contribution in [0.5, 0.6) is 5.75 Å². The maximum atomic E-state index is 14.5. The quantitative estimate of drug-likeness (QED) is 0.124. The molecule has 1 aromatic heterocycles. The molecule has 3 heterocycles. The van der Waals surface area contributed by atoms with E-state index < -0.39 is 63.4 Å². The molecule has 2 aliphatic heterocycles. The second-order valence-corrected chi connectivity index (χ2v) is 17.4. The van der Waals surface area contributed by atoms with Crippen molar-refractivity contribution in [3.8, 4) is 16.9 Å². The number of nitrogens with one attached hydrogen (secondary N) is 3. The first kappa shape index (κ1) is 43.6. The first-order valence-electron chi connectivity index (χ1n) is 19.7. The maximum Gasteiger partial charge on any atom is 0.283 e. The van der Waals surface area contributed by atoms with Gasteiger partial charge in [-0.2, -0.15) is 8.42 Å². The third-order valence-corrected chi connectivity index (χ3v) is 11.7. The van der Waals surface area contributed by atoms with Gasteiger partial charge in [0.2, 0.25) is 17.7 Å². The van der Waals surface area contributed by atoms with Crippen LogP contribution in [0.3, 0.4) is 0 Å². The molecular formula is C46H47N3O9S2. The number of Topliss-reactive ketones (excluding diaryl/α,β-unsaturated/α-hetero) is 2. The lowest BCUT2D eigenvalue weighted by atomic mass is 9.89. The highest BCUT2D eigenvalue weighted by Crippen LogP contribution is 2.23. The molecule has 2 aliphatic rings. The zero-order valence-electron chi connectivity index (χ0n) is 32.8. The van der Waals surface area contributed by atoms with Gasteiger partial charge in [0.25, 0.3) is 10.1 Å². The lowest BCUT2D eigenvalue weighted by Gasteiger charge is -2.26. The van der Waals surface area contributed by atoms with E-state index in [-0.39, 0.29) is 50.9 Å². The molecule has 12 nitrogen and oxygen atoms in total. The number of rotatable bonds is 11. The molecular weight excluding hydrogens is 803 g/mol. The van der Waals surface area contributed by atoms with Gasteiger partial charge >= 0.3 is 0 Å². The highest BCUT2D eigenvalue weighted by atomic mass is 32.2. The van der Waals surface area contributed by atoms with Gasteiger partial charge in [-0.15, -0.1) is 11.3 Å². The van der Waals surface area contributed by atoms with Crippen molar-refractivity contribution in [2.24, 2.45) is 11.8 Å². The van der Waals surface area contributed by atoms with Crippen LogP contribution in [0.4, 0.5) is 0 Å². The number of hydrogen-bond donors (Lipinski definition) is 4. The van der Waals surface area contributed by atoms with Crippen molar-refractivity contribution in [1.82, 2.24) is 16.0 Å². The average molecular weight is 850 g/mol. The predicted molar refractivity (Wildman–Crippen MR) is 229 cm³/mol. The van der Waals surface area contributed by atoms with Crippen LogP contribution in [0.1, 0.15) is 40.8 Å². The minimum absolute atomic E-state index is 0.00364. The minimum Gasteiger partial charge on any atom is -0.486 e. The zero-order valence-corrected chi connectivity index (χ0v) is 34.5. The molecule has 14 heteroatoms. The molecule has 312 valence electrons. The number of ketones is 2. The number of fused-ring (bicyclic) bond motifs is 16. The van der Waals surface area contributed by atoms with Crippen LogP contribution in [0.15, 0.2) is 127 Å². The van der Waals surface area contributed by atoms with E-state index in [2.05, 4.69) is 16.0 Å². The largest absolute Gasteiger partial charge is 0.486 e. The number of thiophene rings is 1. The van der Waals surface area contributed by atoms with E-state index in [9.17, 15) is 36.9 Å². The number of ether oxygens (including phenoxy) is 1. The van der Waals surface area contributed by atoms with Gasteiger partial charge in [0.1, 0.15) is 24.3 Å².